The fraction of sp³-hybridized carbons (Fsp3) is 0.435. The molecule has 5 heterocycles. The lowest BCUT2D eigenvalue weighted by atomic mass is 10.0. The highest BCUT2D eigenvalue weighted by atomic mass is 19.4. The molecule has 0 aliphatic rings. The van der Waals surface area contributed by atoms with E-state index in [9.17, 15) is 18.3 Å². The van der Waals surface area contributed by atoms with Crippen LogP contribution in [0, 0.1) is 6.92 Å². The van der Waals surface area contributed by atoms with Crippen LogP contribution in [0.15, 0.2) is 29.2 Å². The summed E-state index contributed by atoms with van der Waals surface area (Å²) >= 11 is 0. The molecule has 5 aromatic heterocycles. The van der Waals surface area contributed by atoms with Crippen LogP contribution in [0.1, 0.15) is 49.7 Å². The zero-order valence-electron chi connectivity index (χ0n) is 20.4. The van der Waals surface area contributed by atoms with E-state index in [1.807, 2.05) is 13.0 Å². The average molecular weight is 503 g/mol. The Bertz CT molecular complexity index is 1540. The number of hydrogen-bond acceptors (Lipinski definition) is 7. The van der Waals surface area contributed by atoms with Gasteiger partial charge < -0.3 is 14.2 Å². The van der Waals surface area contributed by atoms with Gasteiger partial charge in [0.2, 0.25) is 0 Å². The van der Waals surface area contributed by atoms with Gasteiger partial charge in [-0.05, 0) is 33.3 Å². The number of aliphatic hydroxyl groups is 1. The summed E-state index contributed by atoms with van der Waals surface area (Å²) in [6.45, 7) is 5.00. The Balaban J connectivity index is 1.88. The summed E-state index contributed by atoms with van der Waals surface area (Å²) in [7, 11) is 3.48. The summed E-state index contributed by atoms with van der Waals surface area (Å²) < 4.78 is 50.2. The number of alkyl halides is 3. The molecule has 0 bridgehead atoms. The zero-order valence-corrected chi connectivity index (χ0v) is 20.4. The molecular formula is C23H25F3N8O2. The van der Waals surface area contributed by atoms with Gasteiger partial charge in [-0.25, -0.2) is 4.68 Å². The number of pyridine rings is 1. The number of aryl methyl sites for hydroxylation is 3. The zero-order chi connectivity index (χ0) is 26.0. The van der Waals surface area contributed by atoms with Crippen LogP contribution in [0.25, 0.3) is 33.3 Å². The van der Waals surface area contributed by atoms with E-state index in [-0.39, 0.29) is 6.42 Å². The van der Waals surface area contributed by atoms with E-state index in [0.717, 1.165) is 5.69 Å². The summed E-state index contributed by atoms with van der Waals surface area (Å²) in [5.41, 5.74) is 3.76. The van der Waals surface area contributed by atoms with Crippen LogP contribution in [0.4, 0.5) is 13.2 Å². The third-order valence-electron chi connectivity index (χ3n) is 6.31. The van der Waals surface area contributed by atoms with Crippen LogP contribution >= 0.6 is 0 Å². The van der Waals surface area contributed by atoms with Gasteiger partial charge in [-0.2, -0.15) is 18.3 Å². The molecule has 13 heteroatoms. The molecule has 36 heavy (non-hydrogen) atoms. The molecule has 0 aliphatic heterocycles. The Morgan fingerprint density at radius 2 is 1.86 bits per heavy atom. The molecule has 0 saturated heterocycles. The Hall–Kier alpha value is -3.74. The van der Waals surface area contributed by atoms with Gasteiger partial charge in [-0.3, -0.25) is 9.67 Å². The van der Waals surface area contributed by atoms with E-state index in [4.69, 9.17) is 9.51 Å². The van der Waals surface area contributed by atoms with E-state index < -0.39 is 24.2 Å². The molecule has 0 radical (unpaired) electrons. The quantitative estimate of drug-likeness (QED) is 0.371. The van der Waals surface area contributed by atoms with Gasteiger partial charge in [0.25, 0.3) is 0 Å². The molecule has 1 unspecified atom stereocenters. The summed E-state index contributed by atoms with van der Waals surface area (Å²) in [5, 5.41) is 27.4. The molecule has 0 spiro atoms. The van der Waals surface area contributed by atoms with Crippen LogP contribution in [0.5, 0.6) is 0 Å². The Morgan fingerprint density at radius 3 is 2.44 bits per heavy atom. The minimum Gasteiger partial charge on any atom is -0.384 e. The smallest absolute Gasteiger partial charge is 0.384 e. The predicted octanol–water partition coefficient (Wildman–Crippen LogP) is 4.17. The third kappa shape index (κ3) is 3.92. The molecule has 0 fully saturated rings. The van der Waals surface area contributed by atoms with Crippen LogP contribution in [0.3, 0.4) is 0 Å². The second-order valence-corrected chi connectivity index (χ2v) is 9.46. The summed E-state index contributed by atoms with van der Waals surface area (Å²) in [5.74, 6) is 0. The van der Waals surface area contributed by atoms with Crippen molar-refractivity contribution in [3.05, 3.63) is 41.7 Å². The third-order valence-corrected chi connectivity index (χ3v) is 6.31. The first-order valence-corrected chi connectivity index (χ1v) is 11.3. The topological polar surface area (TPSA) is 113 Å². The average Bonchev–Trinajstić information content (AvgIpc) is 3.54. The second kappa shape index (κ2) is 8.15. The predicted molar refractivity (Wildman–Crippen MR) is 124 cm³/mol. The number of halogens is 3. The Kier molecular flexibility index (Phi) is 5.43. The maximum atomic E-state index is 13.4. The maximum Gasteiger partial charge on any atom is 0.389 e. The van der Waals surface area contributed by atoms with Gasteiger partial charge in [0.15, 0.2) is 0 Å². The van der Waals surface area contributed by atoms with Gasteiger partial charge in [-0.15, -0.1) is 5.10 Å². The summed E-state index contributed by atoms with van der Waals surface area (Å²) in [6, 6.07) is 1.04. The minimum atomic E-state index is -4.37. The molecule has 190 valence electrons. The number of aromatic nitrogens is 8. The number of nitrogens with zero attached hydrogens (tertiary/aromatic N) is 8. The van der Waals surface area contributed by atoms with E-state index in [2.05, 4.69) is 20.6 Å². The van der Waals surface area contributed by atoms with Crippen molar-refractivity contribution in [2.24, 2.45) is 14.1 Å². The highest BCUT2D eigenvalue weighted by Gasteiger charge is 2.35. The van der Waals surface area contributed by atoms with Crippen molar-refractivity contribution in [3.63, 3.8) is 0 Å². The van der Waals surface area contributed by atoms with Crippen LogP contribution in [-0.2, 0) is 19.7 Å². The fourth-order valence-corrected chi connectivity index (χ4v) is 4.79. The van der Waals surface area contributed by atoms with Crippen LogP contribution < -0.4 is 0 Å². The number of hydrogen-bond donors (Lipinski definition) is 1. The molecular weight excluding hydrogens is 477 g/mol. The van der Waals surface area contributed by atoms with E-state index in [1.54, 1.807) is 48.1 Å². The van der Waals surface area contributed by atoms with Gasteiger partial charge in [0, 0.05) is 37.8 Å². The lowest BCUT2D eigenvalue weighted by Crippen LogP contribution is -2.20. The SMILES string of the molecule is Cc1nnn(C)c1-c1cnc2c3c(c(C(C)(C)O)nn3C)n(C(CCC(F)(F)F)c3cnoc3)c2c1. The van der Waals surface area contributed by atoms with Gasteiger partial charge in [-0.1, -0.05) is 10.4 Å². The molecule has 5 aromatic rings. The summed E-state index contributed by atoms with van der Waals surface area (Å²) in [6.07, 6.45) is -1.25. The Labute approximate surface area is 203 Å². The van der Waals surface area contributed by atoms with Crippen molar-refractivity contribution in [2.45, 2.75) is 51.4 Å². The number of rotatable bonds is 6. The molecule has 0 aliphatic carbocycles. The molecule has 0 saturated carbocycles. The molecule has 0 amide bonds. The van der Waals surface area contributed by atoms with Crippen molar-refractivity contribution in [1.29, 1.82) is 0 Å². The van der Waals surface area contributed by atoms with Gasteiger partial charge >= 0.3 is 6.18 Å². The van der Waals surface area contributed by atoms with Crippen LogP contribution in [-0.4, -0.2) is 50.8 Å². The second-order valence-electron chi connectivity index (χ2n) is 9.46. The van der Waals surface area contributed by atoms with E-state index in [1.165, 1.54) is 12.5 Å². The first kappa shape index (κ1) is 24.0. The normalized spacial score (nSPS) is 13.8. The lowest BCUT2D eigenvalue weighted by Gasteiger charge is -2.23. The largest absolute Gasteiger partial charge is 0.389 e. The fourth-order valence-electron chi connectivity index (χ4n) is 4.79. The first-order valence-electron chi connectivity index (χ1n) is 11.3. The van der Waals surface area contributed by atoms with Crippen molar-refractivity contribution >= 4 is 22.1 Å². The molecule has 0 aromatic carbocycles. The van der Waals surface area contributed by atoms with Crippen molar-refractivity contribution in [1.82, 2.24) is 39.5 Å². The van der Waals surface area contributed by atoms with Crippen molar-refractivity contribution in [2.75, 3.05) is 0 Å². The van der Waals surface area contributed by atoms with Crippen molar-refractivity contribution in [3.8, 4) is 11.3 Å². The van der Waals surface area contributed by atoms with E-state index >= 15 is 0 Å². The summed E-state index contributed by atoms with van der Waals surface area (Å²) in [4.78, 5) is 4.70. The highest BCUT2D eigenvalue weighted by molar-refractivity contribution is 6.06. The molecule has 1 N–H and O–H groups in total. The standard InChI is InChI=1S/C23H25F3N8O2/c1-12-18(33(5)31-29-12)13-8-16-17(27-9-13)19-20(21(22(2,3)35)30-32(19)4)34(16)15(6-7-23(24,25)26)14-10-28-36-11-14/h8-11,15,35H,6-7H2,1-5H3. The van der Waals surface area contributed by atoms with Crippen molar-refractivity contribution < 1.29 is 22.8 Å². The minimum absolute atomic E-state index is 0.277. The van der Waals surface area contributed by atoms with Crippen LogP contribution in [0.2, 0.25) is 0 Å². The monoisotopic (exact) mass is 502 g/mol. The first-order chi connectivity index (χ1) is 16.9. The maximum absolute atomic E-state index is 13.4. The van der Waals surface area contributed by atoms with E-state index in [0.29, 0.717) is 44.6 Å². The highest BCUT2D eigenvalue weighted by Crippen LogP contribution is 2.41. The van der Waals surface area contributed by atoms with Gasteiger partial charge in [0.1, 0.15) is 28.6 Å². The molecule has 10 nitrogen and oxygen atoms in total. The lowest BCUT2D eigenvalue weighted by molar-refractivity contribution is -0.136. The molecule has 1 atom stereocenters. The van der Waals surface area contributed by atoms with Gasteiger partial charge in [0.05, 0.1) is 34.7 Å². The molecule has 5 rings (SSSR count). The Morgan fingerprint density at radius 1 is 1.11 bits per heavy atom. The number of fused-ring (bicyclic) bond motifs is 3.